The largest absolute Gasteiger partial charge is 0.478 e. The molecule has 0 radical (unpaired) electrons. The van der Waals surface area contributed by atoms with Crippen LogP contribution in [0.3, 0.4) is 0 Å². The van der Waals surface area contributed by atoms with Crippen molar-refractivity contribution in [3.8, 4) is 0 Å². The van der Waals surface area contributed by atoms with Crippen LogP contribution in [0.1, 0.15) is 19.8 Å². The molecule has 2 saturated heterocycles. The highest BCUT2D eigenvalue weighted by atomic mass is 16.4. The molecular weight excluding hydrogens is 288 g/mol. The molecule has 0 spiro atoms. The summed E-state index contributed by atoms with van der Waals surface area (Å²) in [5, 5.41) is 11.4. The molecule has 0 aromatic carbocycles. The minimum absolute atomic E-state index is 0.150. The van der Waals surface area contributed by atoms with Crippen LogP contribution in [-0.4, -0.2) is 46.3 Å². The zero-order chi connectivity index (χ0) is 16.1. The van der Waals surface area contributed by atoms with Crippen LogP contribution < -0.4 is 5.32 Å². The van der Waals surface area contributed by atoms with E-state index in [1.165, 1.54) is 11.0 Å². The van der Waals surface area contributed by atoms with Gasteiger partial charge in [0.2, 0.25) is 17.7 Å². The van der Waals surface area contributed by atoms with Crippen LogP contribution in [0.5, 0.6) is 0 Å². The normalized spacial score (nSPS) is 34.3. The van der Waals surface area contributed by atoms with Gasteiger partial charge in [0.05, 0.1) is 11.5 Å². The first kappa shape index (κ1) is 14.5. The van der Waals surface area contributed by atoms with Gasteiger partial charge in [-0.15, -0.1) is 0 Å². The first-order valence-corrected chi connectivity index (χ1v) is 7.10. The lowest BCUT2D eigenvalue weighted by molar-refractivity contribution is -0.144. The van der Waals surface area contributed by atoms with Gasteiger partial charge in [-0.3, -0.25) is 19.7 Å². The topological polar surface area (TPSA) is 104 Å². The zero-order valence-electron chi connectivity index (χ0n) is 12.0. The Hall–Kier alpha value is -2.44. The number of fused-ring (bicyclic) bond motifs is 1. The zero-order valence-corrected chi connectivity index (χ0v) is 12.0. The summed E-state index contributed by atoms with van der Waals surface area (Å²) in [7, 11) is 0. The maximum Gasteiger partial charge on any atom is 0.335 e. The predicted octanol–water partition coefficient (Wildman–Crippen LogP) is -0.163. The van der Waals surface area contributed by atoms with E-state index in [0.717, 1.165) is 0 Å². The molecule has 7 nitrogen and oxygen atoms in total. The van der Waals surface area contributed by atoms with Crippen molar-refractivity contribution in [3.63, 3.8) is 0 Å². The average Bonchev–Trinajstić information content (AvgIpc) is 2.70. The Morgan fingerprint density at radius 2 is 2.14 bits per heavy atom. The number of carbonyl (C=O) groups excluding carboxylic acids is 3. The van der Waals surface area contributed by atoms with E-state index < -0.39 is 29.3 Å². The van der Waals surface area contributed by atoms with Gasteiger partial charge < -0.3 is 10.0 Å². The number of nitrogens with zero attached hydrogens (tertiary/aromatic N) is 1. The van der Waals surface area contributed by atoms with Gasteiger partial charge in [0.25, 0.3) is 0 Å². The molecule has 2 aliphatic heterocycles. The maximum absolute atomic E-state index is 12.6. The van der Waals surface area contributed by atoms with Crippen molar-refractivity contribution in [2.45, 2.75) is 25.8 Å². The van der Waals surface area contributed by atoms with Crippen molar-refractivity contribution >= 4 is 23.7 Å². The van der Waals surface area contributed by atoms with Crippen LogP contribution in [0.2, 0.25) is 0 Å². The van der Waals surface area contributed by atoms with E-state index in [0.29, 0.717) is 6.42 Å². The number of hydrogen-bond donors (Lipinski definition) is 2. The molecule has 3 aliphatic rings. The van der Waals surface area contributed by atoms with E-state index in [9.17, 15) is 19.2 Å². The monoisotopic (exact) mass is 304 g/mol. The SMILES string of the molecule is CC12C=C(C(=O)O)C=CC1C(=O)N(C1CCC(=O)NC1=O)C2. The Morgan fingerprint density at radius 1 is 1.41 bits per heavy atom. The molecule has 1 aliphatic carbocycles. The van der Waals surface area contributed by atoms with Crippen molar-refractivity contribution in [2.75, 3.05) is 6.54 Å². The van der Waals surface area contributed by atoms with Gasteiger partial charge in [-0.05, 0) is 6.42 Å². The minimum atomic E-state index is -1.04. The Morgan fingerprint density at radius 3 is 2.77 bits per heavy atom. The van der Waals surface area contributed by atoms with Crippen molar-refractivity contribution in [2.24, 2.45) is 11.3 Å². The molecule has 0 saturated carbocycles. The second-order valence-corrected chi connectivity index (χ2v) is 6.18. The van der Waals surface area contributed by atoms with Gasteiger partial charge in [-0.1, -0.05) is 25.2 Å². The number of carboxylic acid groups (broad SMARTS) is 1. The predicted molar refractivity (Wildman–Crippen MR) is 74.3 cm³/mol. The van der Waals surface area contributed by atoms with Crippen molar-refractivity contribution in [3.05, 3.63) is 23.8 Å². The third kappa shape index (κ3) is 2.13. The second-order valence-electron chi connectivity index (χ2n) is 6.18. The first-order chi connectivity index (χ1) is 10.3. The molecule has 0 aromatic rings. The van der Waals surface area contributed by atoms with Gasteiger partial charge in [0, 0.05) is 18.4 Å². The molecule has 0 aromatic heterocycles. The molecule has 3 atom stereocenters. The van der Waals surface area contributed by atoms with E-state index in [-0.39, 0.29) is 30.4 Å². The average molecular weight is 304 g/mol. The molecule has 116 valence electrons. The van der Waals surface area contributed by atoms with Crippen LogP contribution in [-0.2, 0) is 19.2 Å². The second kappa shape index (κ2) is 4.79. The number of carboxylic acids is 1. The van der Waals surface area contributed by atoms with E-state index in [1.807, 2.05) is 6.92 Å². The van der Waals surface area contributed by atoms with E-state index in [4.69, 9.17) is 5.11 Å². The van der Waals surface area contributed by atoms with Crippen molar-refractivity contribution < 1.29 is 24.3 Å². The summed E-state index contributed by atoms with van der Waals surface area (Å²) in [5.41, 5.74) is -0.502. The molecule has 2 heterocycles. The molecule has 3 amide bonds. The summed E-state index contributed by atoms with van der Waals surface area (Å²) in [6.07, 6.45) is 5.12. The summed E-state index contributed by atoms with van der Waals surface area (Å²) < 4.78 is 0. The number of rotatable bonds is 2. The van der Waals surface area contributed by atoms with Crippen LogP contribution in [0.15, 0.2) is 23.8 Å². The summed E-state index contributed by atoms with van der Waals surface area (Å²) in [6, 6.07) is -0.664. The van der Waals surface area contributed by atoms with Gasteiger partial charge >= 0.3 is 5.97 Å². The fourth-order valence-electron chi connectivity index (χ4n) is 3.42. The van der Waals surface area contributed by atoms with E-state index in [2.05, 4.69) is 5.32 Å². The lowest BCUT2D eigenvalue weighted by atomic mass is 9.75. The third-order valence-corrected chi connectivity index (χ3v) is 4.56. The molecule has 3 unspecified atom stereocenters. The molecule has 7 heteroatoms. The maximum atomic E-state index is 12.6. The van der Waals surface area contributed by atoms with Crippen LogP contribution in [0, 0.1) is 11.3 Å². The number of nitrogens with one attached hydrogen (secondary N) is 1. The molecular formula is C15H16N2O5. The van der Waals surface area contributed by atoms with Gasteiger partial charge in [-0.25, -0.2) is 4.79 Å². The third-order valence-electron chi connectivity index (χ3n) is 4.56. The Bertz CT molecular complexity index is 650. The van der Waals surface area contributed by atoms with Crippen LogP contribution in [0.25, 0.3) is 0 Å². The van der Waals surface area contributed by atoms with Gasteiger partial charge in [0.1, 0.15) is 6.04 Å². The molecule has 3 rings (SSSR count). The number of aliphatic carboxylic acids is 1. The summed E-state index contributed by atoms with van der Waals surface area (Å²) in [6.45, 7) is 2.08. The number of carbonyl (C=O) groups is 4. The summed E-state index contributed by atoms with van der Waals surface area (Å²) >= 11 is 0. The minimum Gasteiger partial charge on any atom is -0.478 e. The lowest BCUT2D eigenvalue weighted by Gasteiger charge is -2.31. The highest BCUT2D eigenvalue weighted by molar-refractivity contribution is 6.02. The van der Waals surface area contributed by atoms with Crippen LogP contribution >= 0.6 is 0 Å². The van der Waals surface area contributed by atoms with Crippen LogP contribution in [0.4, 0.5) is 0 Å². The molecule has 0 bridgehead atoms. The van der Waals surface area contributed by atoms with E-state index >= 15 is 0 Å². The quantitative estimate of drug-likeness (QED) is 0.690. The first-order valence-electron chi connectivity index (χ1n) is 7.10. The van der Waals surface area contributed by atoms with Crippen molar-refractivity contribution in [1.82, 2.24) is 10.2 Å². The number of piperidine rings is 1. The van der Waals surface area contributed by atoms with Crippen molar-refractivity contribution in [1.29, 1.82) is 0 Å². The fourth-order valence-corrected chi connectivity index (χ4v) is 3.42. The molecule has 22 heavy (non-hydrogen) atoms. The Labute approximate surface area is 126 Å². The van der Waals surface area contributed by atoms with E-state index in [1.54, 1.807) is 12.2 Å². The Kier molecular flexibility index (Phi) is 3.16. The number of hydrogen-bond acceptors (Lipinski definition) is 4. The molecule has 2 fully saturated rings. The van der Waals surface area contributed by atoms with Gasteiger partial charge in [0.15, 0.2) is 0 Å². The molecule has 2 N–H and O–H groups in total. The number of amides is 3. The Balaban J connectivity index is 1.88. The standard InChI is InChI=1S/C15H16N2O5/c1-15-6-8(14(21)22)2-3-9(15)13(20)17(7-15)10-4-5-11(18)16-12(10)19/h2-3,6,9-10H,4-5,7H2,1H3,(H,21,22)(H,16,18,19). The lowest BCUT2D eigenvalue weighted by Crippen LogP contribution is -2.53. The highest BCUT2D eigenvalue weighted by Gasteiger charge is 2.51. The summed E-state index contributed by atoms with van der Waals surface area (Å²) in [4.78, 5) is 48.4. The number of imide groups is 1. The summed E-state index contributed by atoms with van der Waals surface area (Å²) in [5.74, 6) is -2.50. The fraction of sp³-hybridized carbons (Fsp3) is 0.467. The highest BCUT2D eigenvalue weighted by Crippen LogP contribution is 2.43. The van der Waals surface area contributed by atoms with Gasteiger partial charge in [-0.2, -0.15) is 0 Å². The smallest absolute Gasteiger partial charge is 0.335 e. The number of likely N-dealkylation sites (tertiary alicyclic amines) is 1.